The van der Waals surface area contributed by atoms with E-state index in [2.05, 4.69) is 14.7 Å². The number of carbonyl (C=O) groups excluding carboxylic acids is 1. The van der Waals surface area contributed by atoms with Crippen LogP contribution in [0.4, 0.5) is 5.82 Å². The molecule has 0 aliphatic carbocycles. The molecule has 2 saturated heterocycles. The van der Waals surface area contributed by atoms with Crippen molar-refractivity contribution in [2.75, 3.05) is 31.7 Å². The predicted molar refractivity (Wildman–Crippen MR) is 84.7 cm³/mol. The fourth-order valence-electron chi connectivity index (χ4n) is 3.43. The molecule has 132 valence electrons. The predicted octanol–water partition coefficient (Wildman–Crippen LogP) is 0.134. The molecule has 8 nitrogen and oxygen atoms in total. The molecule has 0 aromatic carbocycles. The van der Waals surface area contributed by atoms with Crippen molar-refractivity contribution in [2.24, 2.45) is 0 Å². The fourth-order valence-corrected chi connectivity index (χ4v) is 3.43. The van der Waals surface area contributed by atoms with Crippen LogP contribution in [0.5, 0.6) is 0 Å². The number of esters is 1. The Morgan fingerprint density at radius 2 is 2.12 bits per heavy atom. The average molecular weight is 337 g/mol. The van der Waals surface area contributed by atoms with Crippen molar-refractivity contribution < 1.29 is 24.5 Å². The zero-order valence-corrected chi connectivity index (χ0v) is 13.9. The summed E-state index contributed by atoms with van der Waals surface area (Å²) >= 11 is 0. The van der Waals surface area contributed by atoms with E-state index in [-0.39, 0.29) is 12.3 Å². The summed E-state index contributed by atoms with van der Waals surface area (Å²) in [6.07, 6.45) is 3.96. The van der Waals surface area contributed by atoms with E-state index >= 15 is 0 Å². The Balaban J connectivity index is 1.68. The van der Waals surface area contributed by atoms with Crippen molar-refractivity contribution in [3.63, 3.8) is 0 Å². The first-order valence-electron chi connectivity index (χ1n) is 8.05. The Morgan fingerprint density at radius 3 is 2.75 bits per heavy atom. The second-order valence-corrected chi connectivity index (χ2v) is 6.78. The molecule has 0 unspecified atom stereocenters. The van der Waals surface area contributed by atoms with Crippen LogP contribution in [-0.2, 0) is 9.47 Å². The number of rotatable bonds is 2. The molecule has 2 aliphatic heterocycles. The van der Waals surface area contributed by atoms with E-state index in [1.54, 1.807) is 13.1 Å². The van der Waals surface area contributed by atoms with Gasteiger partial charge in [-0.15, -0.1) is 0 Å². The first-order chi connectivity index (χ1) is 11.4. The molecule has 2 fully saturated rings. The second kappa shape index (κ2) is 6.27. The highest BCUT2D eigenvalue weighted by Gasteiger charge is 2.48. The van der Waals surface area contributed by atoms with Gasteiger partial charge in [-0.2, -0.15) is 0 Å². The van der Waals surface area contributed by atoms with E-state index in [0.29, 0.717) is 38.2 Å². The van der Waals surface area contributed by atoms with Crippen LogP contribution >= 0.6 is 0 Å². The molecule has 24 heavy (non-hydrogen) atoms. The summed E-state index contributed by atoms with van der Waals surface area (Å²) in [6.45, 7) is 3.14. The van der Waals surface area contributed by atoms with Gasteiger partial charge in [-0.25, -0.2) is 9.78 Å². The van der Waals surface area contributed by atoms with Gasteiger partial charge in [-0.3, -0.25) is 4.98 Å². The van der Waals surface area contributed by atoms with Crippen LogP contribution in [0, 0.1) is 0 Å². The van der Waals surface area contributed by atoms with Gasteiger partial charge in [0.2, 0.25) is 0 Å². The third-order valence-corrected chi connectivity index (χ3v) is 4.96. The summed E-state index contributed by atoms with van der Waals surface area (Å²) in [5, 5.41) is 20.2. The molecule has 1 aromatic heterocycles. The first-order valence-corrected chi connectivity index (χ1v) is 8.05. The molecule has 1 spiro atoms. The number of anilines is 1. The van der Waals surface area contributed by atoms with Gasteiger partial charge in [0.1, 0.15) is 11.9 Å². The molecule has 3 rings (SSSR count). The van der Waals surface area contributed by atoms with E-state index in [0.717, 1.165) is 0 Å². The van der Waals surface area contributed by atoms with Gasteiger partial charge in [0.15, 0.2) is 5.69 Å². The van der Waals surface area contributed by atoms with Crippen LogP contribution in [0.25, 0.3) is 0 Å². The van der Waals surface area contributed by atoms with Gasteiger partial charge in [0, 0.05) is 19.5 Å². The quantitative estimate of drug-likeness (QED) is 0.734. The van der Waals surface area contributed by atoms with E-state index in [1.807, 2.05) is 4.90 Å². The Morgan fingerprint density at radius 1 is 1.42 bits per heavy atom. The number of aromatic nitrogens is 2. The normalized spacial score (nSPS) is 29.5. The zero-order chi connectivity index (χ0) is 17.4. The highest BCUT2D eigenvalue weighted by atomic mass is 16.5. The standard InChI is InChI=1S/C16H23N3O5/c1-15(22)10-16(24-9-12(15)20)3-5-19(6-4-16)13-8-17-7-11(18-13)14(21)23-2/h7-8,12,20,22H,3-6,9-10H2,1-2H3/t12-,15-/m0/s1. The highest BCUT2D eigenvalue weighted by Crippen LogP contribution is 2.40. The summed E-state index contributed by atoms with van der Waals surface area (Å²) in [6, 6.07) is 0. The van der Waals surface area contributed by atoms with Gasteiger partial charge in [0.25, 0.3) is 0 Å². The summed E-state index contributed by atoms with van der Waals surface area (Å²) in [5.41, 5.74) is -1.38. The smallest absolute Gasteiger partial charge is 0.358 e. The van der Waals surface area contributed by atoms with Crippen LogP contribution in [0.1, 0.15) is 36.7 Å². The van der Waals surface area contributed by atoms with E-state index in [4.69, 9.17) is 4.74 Å². The molecule has 0 amide bonds. The highest BCUT2D eigenvalue weighted by molar-refractivity contribution is 5.87. The van der Waals surface area contributed by atoms with E-state index in [9.17, 15) is 15.0 Å². The summed E-state index contributed by atoms with van der Waals surface area (Å²) in [5.74, 6) is 0.105. The lowest BCUT2D eigenvalue weighted by Gasteiger charge is -2.50. The third-order valence-electron chi connectivity index (χ3n) is 4.96. The molecule has 3 heterocycles. The lowest BCUT2D eigenvalue weighted by atomic mass is 9.76. The molecule has 8 heteroatoms. The van der Waals surface area contributed by atoms with Crippen molar-refractivity contribution in [1.29, 1.82) is 0 Å². The molecule has 0 radical (unpaired) electrons. The van der Waals surface area contributed by atoms with Crippen molar-refractivity contribution in [3.05, 3.63) is 18.1 Å². The van der Waals surface area contributed by atoms with Crippen molar-refractivity contribution >= 4 is 11.8 Å². The maximum Gasteiger partial charge on any atom is 0.358 e. The molecular formula is C16H23N3O5. The van der Waals surface area contributed by atoms with E-state index in [1.165, 1.54) is 13.3 Å². The van der Waals surface area contributed by atoms with Crippen LogP contribution in [0.15, 0.2) is 12.4 Å². The van der Waals surface area contributed by atoms with Crippen LogP contribution in [0.3, 0.4) is 0 Å². The van der Waals surface area contributed by atoms with Gasteiger partial charge in [0.05, 0.1) is 37.3 Å². The number of aliphatic hydroxyl groups is 2. The van der Waals surface area contributed by atoms with Gasteiger partial charge in [-0.05, 0) is 19.8 Å². The van der Waals surface area contributed by atoms with Crippen molar-refractivity contribution in [2.45, 2.75) is 43.5 Å². The monoisotopic (exact) mass is 337 g/mol. The first kappa shape index (κ1) is 17.1. The SMILES string of the molecule is COC(=O)c1cncc(N2CCC3(CC2)C[C@](C)(O)[C@@H](O)CO3)n1. The Labute approximate surface area is 140 Å². The summed E-state index contributed by atoms with van der Waals surface area (Å²) in [4.78, 5) is 22.0. The maximum absolute atomic E-state index is 11.6. The molecule has 1 aromatic rings. The van der Waals surface area contributed by atoms with Gasteiger partial charge in [-0.1, -0.05) is 0 Å². The lowest BCUT2D eigenvalue weighted by molar-refractivity contribution is -0.216. The molecular weight excluding hydrogens is 314 g/mol. The van der Waals surface area contributed by atoms with Crippen LogP contribution in [0.2, 0.25) is 0 Å². The average Bonchev–Trinajstić information content (AvgIpc) is 2.58. The number of hydrogen-bond acceptors (Lipinski definition) is 8. The minimum atomic E-state index is -1.13. The molecule has 2 aliphatic rings. The molecule has 2 N–H and O–H groups in total. The largest absolute Gasteiger partial charge is 0.464 e. The Hall–Kier alpha value is -1.77. The van der Waals surface area contributed by atoms with Crippen LogP contribution in [-0.4, -0.2) is 70.3 Å². The van der Waals surface area contributed by atoms with Crippen molar-refractivity contribution in [3.8, 4) is 0 Å². The molecule has 2 atom stereocenters. The number of carbonyl (C=O) groups is 1. The second-order valence-electron chi connectivity index (χ2n) is 6.78. The minimum Gasteiger partial charge on any atom is -0.464 e. The zero-order valence-electron chi connectivity index (χ0n) is 13.9. The number of piperidine rings is 1. The summed E-state index contributed by atoms with van der Waals surface area (Å²) in [7, 11) is 1.31. The topological polar surface area (TPSA) is 105 Å². The van der Waals surface area contributed by atoms with Crippen molar-refractivity contribution in [1.82, 2.24) is 9.97 Å². The number of aliphatic hydroxyl groups excluding tert-OH is 1. The molecule has 0 saturated carbocycles. The van der Waals surface area contributed by atoms with Crippen LogP contribution < -0.4 is 4.90 Å². The Kier molecular flexibility index (Phi) is 4.46. The minimum absolute atomic E-state index is 0.143. The van der Waals surface area contributed by atoms with E-state index < -0.39 is 23.3 Å². The summed E-state index contributed by atoms with van der Waals surface area (Å²) < 4.78 is 10.5. The lowest BCUT2D eigenvalue weighted by Crippen LogP contribution is -2.59. The number of ether oxygens (including phenoxy) is 2. The van der Waals surface area contributed by atoms with Gasteiger partial charge < -0.3 is 24.6 Å². The number of hydrogen-bond donors (Lipinski definition) is 2. The maximum atomic E-state index is 11.6. The van der Waals surface area contributed by atoms with Gasteiger partial charge >= 0.3 is 5.97 Å². The number of nitrogens with zero attached hydrogens (tertiary/aromatic N) is 3. The molecule has 0 bridgehead atoms. The Bertz CT molecular complexity index is 613. The fraction of sp³-hybridized carbons (Fsp3) is 0.688. The number of methoxy groups -OCH3 is 1. The third kappa shape index (κ3) is 3.22.